The minimum atomic E-state index is 0.208. The second-order valence-corrected chi connectivity index (χ2v) is 5.09. The summed E-state index contributed by atoms with van der Waals surface area (Å²) in [7, 11) is 1.74. The van der Waals surface area contributed by atoms with Crippen LogP contribution >= 0.6 is 0 Å². The van der Waals surface area contributed by atoms with Gasteiger partial charge in [-0.3, -0.25) is 0 Å². The molecular formula is C16H27NO. The Labute approximate surface area is 112 Å². The third-order valence-corrected chi connectivity index (χ3v) is 4.25. The Hall–Kier alpha value is -1.02. The van der Waals surface area contributed by atoms with Crippen molar-refractivity contribution in [1.82, 2.24) is 0 Å². The summed E-state index contributed by atoms with van der Waals surface area (Å²) in [6.45, 7) is 7.37. The normalized spacial score (nSPS) is 11.6. The summed E-state index contributed by atoms with van der Waals surface area (Å²) < 4.78 is 5.48. The van der Waals surface area contributed by atoms with E-state index in [2.05, 4.69) is 39.0 Å². The minimum absolute atomic E-state index is 0.208. The van der Waals surface area contributed by atoms with Crippen LogP contribution in [-0.4, -0.2) is 13.7 Å². The molecule has 18 heavy (non-hydrogen) atoms. The van der Waals surface area contributed by atoms with Crippen molar-refractivity contribution >= 4 is 0 Å². The number of aryl methyl sites for hydroxylation is 1. The molecule has 0 fully saturated rings. The molecule has 2 nitrogen and oxygen atoms in total. The molecule has 2 heteroatoms. The fraction of sp³-hybridized carbons (Fsp3) is 0.625. The van der Waals surface area contributed by atoms with Crippen LogP contribution in [0.5, 0.6) is 5.75 Å². The smallest absolute Gasteiger partial charge is 0.122 e. The molecule has 0 radical (unpaired) electrons. The van der Waals surface area contributed by atoms with Gasteiger partial charge in [-0.1, -0.05) is 32.9 Å². The summed E-state index contributed by atoms with van der Waals surface area (Å²) in [5.74, 6) is 0.993. The van der Waals surface area contributed by atoms with Crippen LogP contribution in [0.3, 0.4) is 0 Å². The summed E-state index contributed by atoms with van der Waals surface area (Å²) in [5.41, 5.74) is 8.87. The zero-order valence-electron chi connectivity index (χ0n) is 12.3. The summed E-state index contributed by atoms with van der Waals surface area (Å²) in [6, 6.07) is 6.50. The number of benzene rings is 1. The Kier molecular flexibility index (Phi) is 5.67. The van der Waals surface area contributed by atoms with E-state index in [4.69, 9.17) is 10.5 Å². The molecule has 0 saturated carbocycles. The van der Waals surface area contributed by atoms with Gasteiger partial charge in [0, 0.05) is 0 Å². The molecule has 1 aromatic rings. The summed E-state index contributed by atoms with van der Waals surface area (Å²) in [5, 5.41) is 0. The Balaban J connectivity index is 3.06. The fourth-order valence-corrected chi connectivity index (χ4v) is 2.45. The zero-order chi connectivity index (χ0) is 13.6. The van der Waals surface area contributed by atoms with Crippen molar-refractivity contribution < 1.29 is 4.74 Å². The van der Waals surface area contributed by atoms with Gasteiger partial charge < -0.3 is 10.5 Å². The molecule has 2 N–H and O–H groups in total. The molecule has 0 amide bonds. The van der Waals surface area contributed by atoms with E-state index in [0.717, 1.165) is 38.0 Å². The molecule has 1 rings (SSSR count). The minimum Gasteiger partial charge on any atom is -0.496 e. The fourth-order valence-electron chi connectivity index (χ4n) is 2.45. The molecule has 0 aromatic heterocycles. The van der Waals surface area contributed by atoms with E-state index in [-0.39, 0.29) is 5.41 Å². The van der Waals surface area contributed by atoms with Gasteiger partial charge in [-0.05, 0) is 54.8 Å². The van der Waals surface area contributed by atoms with E-state index >= 15 is 0 Å². The van der Waals surface area contributed by atoms with Crippen LogP contribution in [0, 0.1) is 5.41 Å². The van der Waals surface area contributed by atoms with Gasteiger partial charge >= 0.3 is 0 Å². The van der Waals surface area contributed by atoms with Crippen LogP contribution in [-0.2, 0) is 12.8 Å². The molecule has 0 aliphatic rings. The van der Waals surface area contributed by atoms with Gasteiger partial charge in [-0.15, -0.1) is 0 Å². The molecule has 1 aromatic carbocycles. The second kappa shape index (κ2) is 6.79. The molecule has 102 valence electrons. The molecular weight excluding hydrogens is 222 g/mol. The van der Waals surface area contributed by atoms with Gasteiger partial charge in [0.25, 0.3) is 0 Å². The Bertz CT molecular complexity index is 361. The van der Waals surface area contributed by atoms with Gasteiger partial charge in [0.15, 0.2) is 0 Å². The number of methoxy groups -OCH3 is 1. The average molecular weight is 249 g/mol. The lowest BCUT2D eigenvalue weighted by Gasteiger charge is -2.31. The van der Waals surface area contributed by atoms with Crippen molar-refractivity contribution in [2.24, 2.45) is 11.1 Å². The van der Waals surface area contributed by atoms with Crippen LogP contribution < -0.4 is 10.5 Å². The van der Waals surface area contributed by atoms with Crippen LogP contribution in [0.2, 0.25) is 0 Å². The van der Waals surface area contributed by atoms with E-state index in [0.29, 0.717) is 0 Å². The van der Waals surface area contributed by atoms with E-state index in [1.807, 2.05) is 0 Å². The SMILES string of the molecule is CCc1ccc(OC)c(CC(CC)(CC)CN)c1. The standard InChI is InChI=1S/C16H27NO/c1-5-13-8-9-15(18-4)14(10-13)11-16(6-2,7-3)12-17/h8-10H,5-7,11-12,17H2,1-4H3. The lowest BCUT2D eigenvalue weighted by molar-refractivity contribution is 0.267. The summed E-state index contributed by atoms with van der Waals surface area (Å²) in [6.07, 6.45) is 4.29. The highest BCUT2D eigenvalue weighted by molar-refractivity contribution is 5.38. The first-order chi connectivity index (χ1) is 8.64. The maximum atomic E-state index is 6.00. The van der Waals surface area contributed by atoms with E-state index in [1.165, 1.54) is 11.1 Å². The van der Waals surface area contributed by atoms with Crippen molar-refractivity contribution in [2.75, 3.05) is 13.7 Å². The third kappa shape index (κ3) is 3.26. The highest BCUT2D eigenvalue weighted by Crippen LogP contribution is 2.33. The van der Waals surface area contributed by atoms with Crippen molar-refractivity contribution in [3.63, 3.8) is 0 Å². The summed E-state index contributed by atoms with van der Waals surface area (Å²) >= 11 is 0. The lowest BCUT2D eigenvalue weighted by Crippen LogP contribution is -2.31. The first-order valence-electron chi connectivity index (χ1n) is 7.00. The van der Waals surface area contributed by atoms with Crippen LogP contribution in [0.1, 0.15) is 44.7 Å². The van der Waals surface area contributed by atoms with Crippen molar-refractivity contribution in [3.8, 4) is 5.75 Å². The Morgan fingerprint density at radius 3 is 2.28 bits per heavy atom. The third-order valence-electron chi connectivity index (χ3n) is 4.25. The highest BCUT2D eigenvalue weighted by Gasteiger charge is 2.26. The molecule has 0 atom stereocenters. The molecule has 0 spiro atoms. The zero-order valence-corrected chi connectivity index (χ0v) is 12.3. The van der Waals surface area contributed by atoms with E-state index in [1.54, 1.807) is 7.11 Å². The van der Waals surface area contributed by atoms with Crippen molar-refractivity contribution in [2.45, 2.75) is 46.5 Å². The Morgan fingerprint density at radius 1 is 1.17 bits per heavy atom. The number of hydrogen-bond acceptors (Lipinski definition) is 2. The van der Waals surface area contributed by atoms with Gasteiger partial charge in [-0.25, -0.2) is 0 Å². The molecule has 0 unspecified atom stereocenters. The highest BCUT2D eigenvalue weighted by atomic mass is 16.5. The topological polar surface area (TPSA) is 35.2 Å². The number of hydrogen-bond donors (Lipinski definition) is 1. The number of ether oxygens (including phenoxy) is 1. The monoisotopic (exact) mass is 249 g/mol. The van der Waals surface area contributed by atoms with Gasteiger partial charge in [-0.2, -0.15) is 0 Å². The van der Waals surface area contributed by atoms with Crippen molar-refractivity contribution in [1.29, 1.82) is 0 Å². The maximum Gasteiger partial charge on any atom is 0.122 e. The van der Waals surface area contributed by atoms with Crippen molar-refractivity contribution in [3.05, 3.63) is 29.3 Å². The lowest BCUT2D eigenvalue weighted by atomic mass is 9.76. The van der Waals surface area contributed by atoms with Crippen LogP contribution in [0.25, 0.3) is 0 Å². The number of rotatable bonds is 7. The second-order valence-electron chi connectivity index (χ2n) is 5.09. The van der Waals surface area contributed by atoms with Crippen LogP contribution in [0.4, 0.5) is 0 Å². The molecule has 0 saturated heterocycles. The number of nitrogens with two attached hydrogens (primary N) is 1. The maximum absolute atomic E-state index is 6.00. The quantitative estimate of drug-likeness (QED) is 0.802. The molecule has 0 heterocycles. The average Bonchev–Trinajstić information content (AvgIpc) is 2.44. The predicted octanol–water partition coefficient (Wildman–Crippen LogP) is 3.57. The molecule has 0 aliphatic carbocycles. The Morgan fingerprint density at radius 2 is 1.83 bits per heavy atom. The first-order valence-corrected chi connectivity index (χ1v) is 7.00. The van der Waals surface area contributed by atoms with E-state index in [9.17, 15) is 0 Å². The van der Waals surface area contributed by atoms with Gasteiger partial charge in [0.05, 0.1) is 7.11 Å². The molecule has 0 bridgehead atoms. The predicted molar refractivity (Wildman–Crippen MR) is 78.1 cm³/mol. The molecule has 0 aliphatic heterocycles. The van der Waals surface area contributed by atoms with Crippen LogP contribution in [0.15, 0.2) is 18.2 Å². The van der Waals surface area contributed by atoms with Gasteiger partial charge in [0.1, 0.15) is 5.75 Å². The largest absolute Gasteiger partial charge is 0.496 e. The van der Waals surface area contributed by atoms with E-state index < -0.39 is 0 Å². The summed E-state index contributed by atoms with van der Waals surface area (Å²) in [4.78, 5) is 0. The van der Waals surface area contributed by atoms with Gasteiger partial charge in [0.2, 0.25) is 0 Å². The first kappa shape index (κ1) is 15.0.